The zero-order valence-electron chi connectivity index (χ0n) is 15.7. The van der Waals surface area contributed by atoms with Crippen molar-refractivity contribution >= 4 is 11.1 Å². The normalized spacial score (nSPS) is 20.1. The molecule has 1 aliphatic heterocycles. The van der Waals surface area contributed by atoms with Crippen molar-refractivity contribution in [3.8, 4) is 5.75 Å². The predicted octanol–water partition coefficient (Wildman–Crippen LogP) is 2.72. The number of aromatic nitrogens is 1. The Morgan fingerprint density at radius 3 is 2.89 bits per heavy atom. The number of fused-ring (bicyclic) bond motifs is 1. The average molecular weight is 367 g/mol. The standard InChI is InChI=1S/C21H25N3O3/c1-24-17-11-15(18(26-2)12-19(17)27-21(24)25)13-23-16-9-6-10-22-20(16)14-7-4-3-5-8-14/h3-5,7-8,11-12,16,20,22-23H,6,9-10,13H2,1-2H3. The molecule has 2 aromatic carbocycles. The van der Waals surface area contributed by atoms with Gasteiger partial charge in [0.2, 0.25) is 0 Å². The highest BCUT2D eigenvalue weighted by molar-refractivity contribution is 5.76. The van der Waals surface area contributed by atoms with Crippen LogP contribution in [0.2, 0.25) is 0 Å². The molecule has 6 heteroatoms. The number of hydrogen-bond acceptors (Lipinski definition) is 5. The van der Waals surface area contributed by atoms with Gasteiger partial charge in [0.25, 0.3) is 0 Å². The Hall–Kier alpha value is -2.57. The zero-order valence-corrected chi connectivity index (χ0v) is 15.7. The molecule has 3 aromatic rings. The summed E-state index contributed by atoms with van der Waals surface area (Å²) < 4.78 is 12.3. The first-order valence-corrected chi connectivity index (χ1v) is 9.35. The van der Waals surface area contributed by atoms with Crippen LogP contribution in [0.5, 0.6) is 5.75 Å². The lowest BCUT2D eigenvalue weighted by molar-refractivity contribution is 0.303. The largest absolute Gasteiger partial charge is 0.496 e. The maximum atomic E-state index is 11.8. The molecule has 0 aliphatic carbocycles. The summed E-state index contributed by atoms with van der Waals surface area (Å²) in [6, 6.07) is 14.9. The van der Waals surface area contributed by atoms with E-state index >= 15 is 0 Å². The van der Waals surface area contributed by atoms with E-state index in [0.717, 1.165) is 36.2 Å². The Labute approximate surface area is 158 Å². The van der Waals surface area contributed by atoms with Crippen molar-refractivity contribution in [3.63, 3.8) is 0 Å². The Morgan fingerprint density at radius 2 is 2.11 bits per heavy atom. The van der Waals surface area contributed by atoms with Crippen LogP contribution in [0.25, 0.3) is 11.1 Å². The first kappa shape index (κ1) is 17.8. The lowest BCUT2D eigenvalue weighted by Crippen LogP contribution is -2.45. The Balaban J connectivity index is 1.58. The molecule has 2 heterocycles. The van der Waals surface area contributed by atoms with E-state index in [9.17, 15) is 4.79 Å². The number of methoxy groups -OCH3 is 1. The van der Waals surface area contributed by atoms with Gasteiger partial charge in [-0.3, -0.25) is 4.57 Å². The summed E-state index contributed by atoms with van der Waals surface area (Å²) in [6.45, 7) is 1.69. The summed E-state index contributed by atoms with van der Waals surface area (Å²) in [5.74, 6) is 0.363. The van der Waals surface area contributed by atoms with E-state index in [1.807, 2.05) is 12.1 Å². The van der Waals surface area contributed by atoms with Crippen LogP contribution in [0, 0.1) is 0 Å². The van der Waals surface area contributed by atoms with Gasteiger partial charge in [0.1, 0.15) is 5.75 Å². The topological polar surface area (TPSA) is 68.4 Å². The summed E-state index contributed by atoms with van der Waals surface area (Å²) >= 11 is 0. The van der Waals surface area contributed by atoms with E-state index < -0.39 is 0 Å². The summed E-state index contributed by atoms with van der Waals surface area (Å²) in [5.41, 5.74) is 3.64. The average Bonchev–Trinajstić information content (AvgIpc) is 2.99. The smallest absolute Gasteiger partial charge is 0.419 e. The second-order valence-corrected chi connectivity index (χ2v) is 7.03. The highest BCUT2D eigenvalue weighted by atomic mass is 16.5. The Morgan fingerprint density at radius 1 is 1.30 bits per heavy atom. The van der Waals surface area contributed by atoms with Crippen LogP contribution in [0.15, 0.2) is 51.7 Å². The van der Waals surface area contributed by atoms with E-state index in [1.165, 1.54) is 10.1 Å². The molecule has 4 rings (SSSR count). The quantitative estimate of drug-likeness (QED) is 0.726. The third kappa shape index (κ3) is 3.50. The lowest BCUT2D eigenvalue weighted by Gasteiger charge is -2.34. The summed E-state index contributed by atoms with van der Waals surface area (Å²) in [5, 5.41) is 7.33. The molecule has 0 saturated carbocycles. The van der Waals surface area contributed by atoms with Gasteiger partial charge in [-0.2, -0.15) is 0 Å². The first-order valence-electron chi connectivity index (χ1n) is 9.35. The molecule has 0 spiro atoms. The van der Waals surface area contributed by atoms with Gasteiger partial charge in [-0.25, -0.2) is 4.79 Å². The van der Waals surface area contributed by atoms with Gasteiger partial charge in [0.05, 0.1) is 12.6 Å². The second kappa shape index (κ2) is 7.58. The van der Waals surface area contributed by atoms with Crippen LogP contribution in [-0.2, 0) is 13.6 Å². The zero-order chi connectivity index (χ0) is 18.8. The molecule has 1 aliphatic rings. The summed E-state index contributed by atoms with van der Waals surface area (Å²) in [6.07, 6.45) is 2.26. The minimum absolute atomic E-state index is 0.285. The molecule has 0 bridgehead atoms. The fraction of sp³-hybridized carbons (Fsp3) is 0.381. The maximum absolute atomic E-state index is 11.8. The van der Waals surface area contributed by atoms with Gasteiger partial charge in [-0.1, -0.05) is 30.3 Å². The Kier molecular flexibility index (Phi) is 5.01. The SMILES string of the molecule is COc1cc2oc(=O)n(C)c2cc1CNC1CCCNC1c1ccccc1. The highest BCUT2D eigenvalue weighted by Crippen LogP contribution is 2.27. The van der Waals surface area contributed by atoms with Crippen molar-refractivity contribution in [2.75, 3.05) is 13.7 Å². The van der Waals surface area contributed by atoms with E-state index in [1.54, 1.807) is 20.2 Å². The molecular formula is C21H25N3O3. The molecular weight excluding hydrogens is 342 g/mol. The van der Waals surface area contributed by atoms with Gasteiger partial charge in [0.15, 0.2) is 5.58 Å². The van der Waals surface area contributed by atoms with Gasteiger partial charge >= 0.3 is 5.76 Å². The van der Waals surface area contributed by atoms with Crippen LogP contribution in [0.4, 0.5) is 0 Å². The lowest BCUT2D eigenvalue weighted by atomic mass is 9.92. The molecule has 2 atom stereocenters. The van der Waals surface area contributed by atoms with Crippen LogP contribution >= 0.6 is 0 Å². The van der Waals surface area contributed by atoms with Gasteiger partial charge < -0.3 is 19.8 Å². The molecule has 1 aromatic heterocycles. The van der Waals surface area contributed by atoms with Crippen LogP contribution in [-0.4, -0.2) is 24.3 Å². The minimum atomic E-state index is -0.363. The molecule has 2 unspecified atom stereocenters. The molecule has 2 N–H and O–H groups in total. The number of aryl methyl sites for hydroxylation is 1. The molecule has 27 heavy (non-hydrogen) atoms. The third-order valence-electron chi connectivity index (χ3n) is 5.37. The number of hydrogen-bond donors (Lipinski definition) is 2. The summed E-state index contributed by atoms with van der Waals surface area (Å²) in [4.78, 5) is 11.8. The molecule has 0 amide bonds. The monoisotopic (exact) mass is 367 g/mol. The van der Waals surface area contributed by atoms with Crippen LogP contribution in [0.1, 0.15) is 30.0 Å². The highest BCUT2D eigenvalue weighted by Gasteiger charge is 2.26. The fourth-order valence-electron chi connectivity index (χ4n) is 3.89. The number of rotatable bonds is 5. The fourth-order valence-corrected chi connectivity index (χ4v) is 3.89. The molecule has 1 saturated heterocycles. The van der Waals surface area contributed by atoms with E-state index in [4.69, 9.17) is 9.15 Å². The number of benzene rings is 2. The van der Waals surface area contributed by atoms with Crippen molar-refractivity contribution < 1.29 is 9.15 Å². The first-order chi connectivity index (χ1) is 13.2. The molecule has 142 valence electrons. The molecule has 6 nitrogen and oxygen atoms in total. The maximum Gasteiger partial charge on any atom is 0.419 e. The van der Waals surface area contributed by atoms with Gasteiger partial charge in [-0.15, -0.1) is 0 Å². The van der Waals surface area contributed by atoms with Crippen LogP contribution in [0.3, 0.4) is 0 Å². The van der Waals surface area contributed by atoms with Gasteiger partial charge in [0, 0.05) is 37.3 Å². The van der Waals surface area contributed by atoms with Gasteiger partial charge in [-0.05, 0) is 31.0 Å². The minimum Gasteiger partial charge on any atom is -0.496 e. The van der Waals surface area contributed by atoms with Crippen molar-refractivity contribution in [1.29, 1.82) is 0 Å². The number of ether oxygens (including phenoxy) is 1. The number of piperidine rings is 1. The number of oxazole rings is 1. The van der Waals surface area contributed by atoms with Crippen molar-refractivity contribution in [2.45, 2.75) is 31.5 Å². The number of nitrogens with one attached hydrogen (secondary N) is 2. The second-order valence-electron chi connectivity index (χ2n) is 7.03. The van der Waals surface area contributed by atoms with Crippen molar-refractivity contribution in [3.05, 3.63) is 64.1 Å². The van der Waals surface area contributed by atoms with E-state index in [0.29, 0.717) is 18.2 Å². The predicted molar refractivity (Wildman–Crippen MR) is 105 cm³/mol. The summed E-state index contributed by atoms with van der Waals surface area (Å²) in [7, 11) is 3.36. The molecule has 1 fully saturated rings. The van der Waals surface area contributed by atoms with Crippen molar-refractivity contribution in [2.24, 2.45) is 7.05 Å². The van der Waals surface area contributed by atoms with E-state index in [-0.39, 0.29) is 11.8 Å². The third-order valence-corrected chi connectivity index (χ3v) is 5.37. The number of nitrogens with zero attached hydrogens (tertiary/aromatic N) is 1. The van der Waals surface area contributed by atoms with Crippen LogP contribution < -0.4 is 21.1 Å². The van der Waals surface area contributed by atoms with E-state index in [2.05, 4.69) is 34.9 Å². The Bertz CT molecular complexity index is 977. The van der Waals surface area contributed by atoms with Crippen molar-refractivity contribution in [1.82, 2.24) is 15.2 Å². The molecule has 0 radical (unpaired) electrons.